The highest BCUT2D eigenvalue weighted by atomic mass is 16.5. The molecule has 0 saturated heterocycles. The van der Waals surface area contributed by atoms with E-state index in [1.807, 2.05) is 54.6 Å². The first-order valence-corrected chi connectivity index (χ1v) is 9.62. The summed E-state index contributed by atoms with van der Waals surface area (Å²) < 4.78 is 8.40. The van der Waals surface area contributed by atoms with Crippen LogP contribution in [0.2, 0.25) is 0 Å². The van der Waals surface area contributed by atoms with Gasteiger partial charge in [0.2, 0.25) is 0 Å². The lowest BCUT2D eigenvalue weighted by Gasteiger charge is -2.10. The third-order valence-electron chi connectivity index (χ3n) is 5.11. The number of nitrogens with zero attached hydrogens (tertiary/aromatic N) is 2. The summed E-state index contributed by atoms with van der Waals surface area (Å²) in [7, 11) is 2.10. The molecule has 0 aliphatic rings. The van der Waals surface area contributed by atoms with Crippen molar-refractivity contribution in [1.82, 2.24) is 9.55 Å². The fraction of sp³-hybridized carbons (Fsp3) is 0.0385. The van der Waals surface area contributed by atoms with Crippen LogP contribution in [-0.4, -0.2) is 9.55 Å². The molecule has 0 radical (unpaired) electrons. The van der Waals surface area contributed by atoms with E-state index in [2.05, 4.69) is 59.1 Å². The summed E-state index contributed by atoms with van der Waals surface area (Å²) in [4.78, 5) is 4.42. The molecule has 3 heteroatoms. The molecule has 5 aromatic rings. The van der Waals surface area contributed by atoms with Crippen LogP contribution in [0.5, 0.6) is 11.5 Å². The number of aromatic nitrogens is 2. The van der Waals surface area contributed by atoms with Crippen LogP contribution >= 0.6 is 0 Å². The third kappa shape index (κ3) is 3.39. The van der Waals surface area contributed by atoms with Gasteiger partial charge in [-0.25, -0.2) is 0 Å². The topological polar surface area (TPSA) is 27.1 Å². The zero-order valence-electron chi connectivity index (χ0n) is 16.1. The molecule has 0 atom stereocenters. The summed E-state index contributed by atoms with van der Waals surface area (Å²) >= 11 is 0. The van der Waals surface area contributed by atoms with Crippen molar-refractivity contribution in [2.45, 2.75) is 0 Å². The lowest BCUT2D eigenvalue weighted by Crippen LogP contribution is -1.92. The van der Waals surface area contributed by atoms with Crippen molar-refractivity contribution in [3.8, 4) is 34.0 Å². The van der Waals surface area contributed by atoms with Gasteiger partial charge in [-0.3, -0.25) is 4.98 Å². The maximum atomic E-state index is 6.18. The van der Waals surface area contributed by atoms with Crippen molar-refractivity contribution in [3.05, 3.63) is 103 Å². The van der Waals surface area contributed by atoms with Gasteiger partial charge < -0.3 is 9.30 Å². The smallest absolute Gasteiger partial charge is 0.128 e. The van der Waals surface area contributed by atoms with Crippen molar-refractivity contribution < 1.29 is 4.74 Å². The molecule has 0 aliphatic carbocycles. The fourth-order valence-electron chi connectivity index (χ4n) is 3.67. The molecule has 0 N–H and O–H groups in total. The summed E-state index contributed by atoms with van der Waals surface area (Å²) in [6.45, 7) is 0. The Morgan fingerprint density at radius 2 is 1.41 bits per heavy atom. The minimum Gasteiger partial charge on any atom is -0.457 e. The Hall–Kier alpha value is -3.85. The van der Waals surface area contributed by atoms with Crippen LogP contribution in [-0.2, 0) is 7.05 Å². The highest BCUT2D eigenvalue weighted by Crippen LogP contribution is 2.32. The molecule has 2 heterocycles. The Labute approximate surface area is 169 Å². The van der Waals surface area contributed by atoms with Gasteiger partial charge in [0, 0.05) is 41.0 Å². The van der Waals surface area contributed by atoms with Crippen LogP contribution in [0.3, 0.4) is 0 Å². The predicted octanol–water partition coefficient (Wildman–Crippen LogP) is 6.70. The molecule has 29 heavy (non-hydrogen) atoms. The van der Waals surface area contributed by atoms with E-state index in [-0.39, 0.29) is 0 Å². The van der Waals surface area contributed by atoms with Crippen LogP contribution < -0.4 is 4.74 Å². The summed E-state index contributed by atoms with van der Waals surface area (Å²) in [6, 6.07) is 32.8. The zero-order valence-corrected chi connectivity index (χ0v) is 16.1. The van der Waals surface area contributed by atoms with Crippen molar-refractivity contribution in [3.63, 3.8) is 0 Å². The molecule has 3 aromatic carbocycles. The molecular formula is C26H20N2O. The number of benzene rings is 3. The third-order valence-corrected chi connectivity index (χ3v) is 5.11. The van der Waals surface area contributed by atoms with E-state index in [1.54, 1.807) is 6.20 Å². The summed E-state index contributed by atoms with van der Waals surface area (Å²) in [5.74, 6) is 1.60. The molecule has 3 nitrogen and oxygen atoms in total. The molecule has 5 rings (SSSR count). The quantitative estimate of drug-likeness (QED) is 0.349. The number of aryl methyl sites for hydroxylation is 1. The molecule has 0 amide bonds. The Balaban J connectivity index is 1.47. The van der Waals surface area contributed by atoms with E-state index in [9.17, 15) is 0 Å². The Morgan fingerprint density at radius 1 is 0.690 bits per heavy atom. The molecule has 0 spiro atoms. The van der Waals surface area contributed by atoms with Gasteiger partial charge in [-0.1, -0.05) is 48.5 Å². The molecule has 2 aromatic heterocycles. The van der Waals surface area contributed by atoms with Crippen LogP contribution in [0.15, 0.2) is 103 Å². The van der Waals surface area contributed by atoms with Gasteiger partial charge in [0.25, 0.3) is 0 Å². The molecule has 0 fully saturated rings. The first kappa shape index (κ1) is 17.3. The molecule has 0 unspecified atom stereocenters. The van der Waals surface area contributed by atoms with E-state index in [1.165, 1.54) is 16.6 Å². The van der Waals surface area contributed by atoms with Crippen molar-refractivity contribution >= 4 is 10.9 Å². The minimum absolute atomic E-state index is 0.794. The number of para-hydroxylation sites is 1. The zero-order chi connectivity index (χ0) is 19.6. The van der Waals surface area contributed by atoms with Crippen LogP contribution in [0.1, 0.15) is 0 Å². The minimum atomic E-state index is 0.794. The number of fused-ring (bicyclic) bond motifs is 1. The predicted molar refractivity (Wildman–Crippen MR) is 118 cm³/mol. The van der Waals surface area contributed by atoms with Gasteiger partial charge in [-0.15, -0.1) is 0 Å². The number of pyridine rings is 1. The number of hydrogen-bond acceptors (Lipinski definition) is 2. The van der Waals surface area contributed by atoms with E-state index >= 15 is 0 Å². The molecule has 140 valence electrons. The van der Waals surface area contributed by atoms with Gasteiger partial charge in [0.05, 0.1) is 5.69 Å². The normalized spacial score (nSPS) is 10.9. The maximum absolute atomic E-state index is 6.18. The standard InChI is InChI=1S/C26H20N2O/c1-28-25-14-3-2-8-21(25)18-26(28)20-10-7-12-23(17-20)29-22-11-6-9-19(16-22)24-13-4-5-15-27-24/h2-18H,1H3. The molecular weight excluding hydrogens is 356 g/mol. The maximum Gasteiger partial charge on any atom is 0.128 e. The van der Waals surface area contributed by atoms with E-state index in [4.69, 9.17) is 4.74 Å². The van der Waals surface area contributed by atoms with Gasteiger partial charge in [-0.05, 0) is 48.5 Å². The van der Waals surface area contributed by atoms with E-state index in [0.717, 1.165) is 28.3 Å². The molecule has 0 bridgehead atoms. The summed E-state index contributed by atoms with van der Waals surface area (Å²) in [6.07, 6.45) is 1.80. The molecule has 0 aliphatic heterocycles. The van der Waals surface area contributed by atoms with E-state index in [0.29, 0.717) is 0 Å². The van der Waals surface area contributed by atoms with Crippen molar-refractivity contribution in [2.24, 2.45) is 7.05 Å². The fourth-order valence-corrected chi connectivity index (χ4v) is 3.67. The largest absolute Gasteiger partial charge is 0.457 e. The van der Waals surface area contributed by atoms with Crippen LogP contribution in [0, 0.1) is 0 Å². The summed E-state index contributed by atoms with van der Waals surface area (Å²) in [5, 5.41) is 1.24. The lowest BCUT2D eigenvalue weighted by atomic mass is 10.1. The number of hydrogen-bond donors (Lipinski definition) is 0. The second kappa shape index (κ2) is 7.28. The number of ether oxygens (including phenoxy) is 1. The van der Waals surface area contributed by atoms with Gasteiger partial charge in [-0.2, -0.15) is 0 Å². The first-order chi connectivity index (χ1) is 14.3. The van der Waals surface area contributed by atoms with Crippen molar-refractivity contribution in [2.75, 3.05) is 0 Å². The van der Waals surface area contributed by atoms with Crippen LogP contribution in [0.25, 0.3) is 33.4 Å². The first-order valence-electron chi connectivity index (χ1n) is 9.62. The second-order valence-electron chi connectivity index (χ2n) is 7.02. The monoisotopic (exact) mass is 376 g/mol. The Morgan fingerprint density at radius 3 is 2.17 bits per heavy atom. The van der Waals surface area contributed by atoms with E-state index < -0.39 is 0 Å². The molecule has 0 saturated carbocycles. The van der Waals surface area contributed by atoms with Crippen LogP contribution in [0.4, 0.5) is 0 Å². The summed E-state index contributed by atoms with van der Waals surface area (Å²) in [5.41, 5.74) is 5.48. The average Bonchev–Trinajstić information content (AvgIpc) is 3.12. The highest BCUT2D eigenvalue weighted by molar-refractivity contribution is 5.87. The SMILES string of the molecule is Cn1c(-c2cccc(Oc3cccc(-c4ccccn4)c3)c2)cc2ccccc21. The lowest BCUT2D eigenvalue weighted by molar-refractivity contribution is 0.483. The highest BCUT2D eigenvalue weighted by Gasteiger charge is 2.09. The Kier molecular flexibility index (Phi) is 4.34. The van der Waals surface area contributed by atoms with Crippen molar-refractivity contribution in [1.29, 1.82) is 0 Å². The van der Waals surface area contributed by atoms with Gasteiger partial charge in [0.15, 0.2) is 0 Å². The van der Waals surface area contributed by atoms with Gasteiger partial charge in [0.1, 0.15) is 11.5 Å². The second-order valence-corrected chi connectivity index (χ2v) is 7.02. The average molecular weight is 376 g/mol. The van der Waals surface area contributed by atoms with Gasteiger partial charge >= 0.3 is 0 Å². The Bertz CT molecular complexity index is 1290. The number of rotatable bonds is 4.